The molecule has 0 bridgehead atoms. The number of carbonyl (C=O) groups is 1. The second-order valence-electron chi connectivity index (χ2n) is 6.89. The van der Waals surface area contributed by atoms with Crippen LogP contribution in [0.2, 0.25) is 0 Å². The smallest absolute Gasteiger partial charge is 0.244 e. The average Bonchev–Trinajstić information content (AvgIpc) is 2.61. The van der Waals surface area contributed by atoms with E-state index in [2.05, 4.69) is 66.5 Å². The molecule has 1 unspecified atom stereocenters. The van der Waals surface area contributed by atoms with Crippen molar-refractivity contribution >= 4 is 17.3 Å². The van der Waals surface area contributed by atoms with Gasteiger partial charge >= 0.3 is 0 Å². The minimum Gasteiger partial charge on any atom is -0.374 e. The zero-order chi connectivity index (χ0) is 17.8. The minimum absolute atomic E-state index is 0.173. The van der Waals surface area contributed by atoms with Crippen LogP contribution in [0.25, 0.3) is 0 Å². The van der Waals surface area contributed by atoms with E-state index in [1.165, 1.54) is 16.8 Å². The fourth-order valence-corrected chi connectivity index (χ4v) is 3.47. The van der Waals surface area contributed by atoms with Gasteiger partial charge in [-0.15, -0.1) is 0 Å². The van der Waals surface area contributed by atoms with Crippen LogP contribution in [-0.2, 0) is 4.79 Å². The number of piperazine rings is 1. The van der Waals surface area contributed by atoms with Crippen LogP contribution in [0, 0.1) is 13.8 Å². The number of carbonyl (C=O) groups excluding carboxylic acids is 1. The maximum absolute atomic E-state index is 12.8. The highest BCUT2D eigenvalue weighted by atomic mass is 16.2. The lowest BCUT2D eigenvalue weighted by Gasteiger charge is -2.37. The molecule has 4 nitrogen and oxygen atoms in total. The van der Waals surface area contributed by atoms with Crippen LogP contribution >= 0.6 is 0 Å². The molecule has 25 heavy (non-hydrogen) atoms. The van der Waals surface area contributed by atoms with Crippen LogP contribution in [-0.4, -0.2) is 43.0 Å². The van der Waals surface area contributed by atoms with E-state index in [9.17, 15) is 4.79 Å². The van der Waals surface area contributed by atoms with Crippen molar-refractivity contribution in [1.29, 1.82) is 0 Å². The summed E-state index contributed by atoms with van der Waals surface area (Å²) < 4.78 is 0. The summed E-state index contributed by atoms with van der Waals surface area (Å²) in [4.78, 5) is 17.1. The summed E-state index contributed by atoms with van der Waals surface area (Å²) in [6.07, 6.45) is 0. The van der Waals surface area contributed by atoms with Gasteiger partial charge in [0.25, 0.3) is 0 Å². The van der Waals surface area contributed by atoms with E-state index in [-0.39, 0.29) is 11.9 Å². The quantitative estimate of drug-likeness (QED) is 0.928. The van der Waals surface area contributed by atoms with E-state index in [4.69, 9.17) is 0 Å². The first-order valence-corrected chi connectivity index (χ1v) is 8.96. The number of hydrogen-bond acceptors (Lipinski definition) is 3. The lowest BCUT2D eigenvalue weighted by Crippen LogP contribution is -2.52. The molecule has 1 atom stereocenters. The average molecular weight is 337 g/mol. The van der Waals surface area contributed by atoms with Crippen LogP contribution in [0.15, 0.2) is 48.5 Å². The van der Waals surface area contributed by atoms with Crippen molar-refractivity contribution in [2.45, 2.75) is 26.8 Å². The molecule has 0 spiro atoms. The number of para-hydroxylation sites is 1. The molecule has 0 aliphatic carbocycles. The highest BCUT2D eigenvalue weighted by molar-refractivity contribution is 5.84. The van der Waals surface area contributed by atoms with E-state index < -0.39 is 0 Å². The number of nitrogens with one attached hydrogen (secondary N) is 1. The first kappa shape index (κ1) is 17.3. The number of amides is 1. The number of anilines is 2. The van der Waals surface area contributed by atoms with Crippen LogP contribution in [0.3, 0.4) is 0 Å². The fourth-order valence-electron chi connectivity index (χ4n) is 3.47. The SMILES string of the molecule is Cc1cc(C)cc(NC(C)C(=O)N2CCN(c3ccccc3)CC2)c1. The molecule has 0 aromatic heterocycles. The van der Waals surface area contributed by atoms with Gasteiger partial charge in [-0.05, 0) is 56.2 Å². The van der Waals surface area contributed by atoms with Gasteiger partial charge in [0.15, 0.2) is 0 Å². The molecule has 132 valence electrons. The minimum atomic E-state index is -0.218. The van der Waals surface area contributed by atoms with E-state index in [1.54, 1.807) is 0 Å². The molecular formula is C21H27N3O. The summed E-state index contributed by atoms with van der Waals surface area (Å²) in [5, 5.41) is 3.36. The van der Waals surface area contributed by atoms with Gasteiger partial charge in [-0.1, -0.05) is 24.3 Å². The highest BCUT2D eigenvalue weighted by Crippen LogP contribution is 2.18. The Morgan fingerprint density at radius 1 is 0.960 bits per heavy atom. The Bertz CT molecular complexity index is 701. The third-order valence-corrected chi connectivity index (χ3v) is 4.69. The maximum Gasteiger partial charge on any atom is 0.244 e. The molecule has 0 saturated carbocycles. The van der Waals surface area contributed by atoms with Gasteiger partial charge in [0.2, 0.25) is 5.91 Å². The largest absolute Gasteiger partial charge is 0.374 e. The molecule has 1 heterocycles. The van der Waals surface area contributed by atoms with Gasteiger partial charge in [0, 0.05) is 37.6 Å². The Morgan fingerprint density at radius 3 is 2.16 bits per heavy atom. The molecular weight excluding hydrogens is 310 g/mol. The zero-order valence-corrected chi connectivity index (χ0v) is 15.3. The van der Waals surface area contributed by atoms with Crippen molar-refractivity contribution in [1.82, 2.24) is 4.90 Å². The van der Waals surface area contributed by atoms with Crippen LogP contribution in [0.1, 0.15) is 18.1 Å². The van der Waals surface area contributed by atoms with Crippen molar-refractivity contribution in [3.63, 3.8) is 0 Å². The monoisotopic (exact) mass is 337 g/mol. The van der Waals surface area contributed by atoms with Gasteiger partial charge in [-0.2, -0.15) is 0 Å². The standard InChI is InChI=1S/C21H27N3O/c1-16-13-17(2)15-19(14-16)22-18(3)21(25)24-11-9-23(10-12-24)20-7-5-4-6-8-20/h4-8,13-15,18,22H,9-12H2,1-3H3. The number of nitrogens with zero attached hydrogens (tertiary/aromatic N) is 2. The van der Waals surface area contributed by atoms with Crippen molar-refractivity contribution in [3.8, 4) is 0 Å². The lowest BCUT2D eigenvalue weighted by atomic mass is 10.1. The Labute approximate surface area is 150 Å². The molecule has 4 heteroatoms. The Morgan fingerprint density at radius 2 is 1.56 bits per heavy atom. The van der Waals surface area contributed by atoms with Crippen LogP contribution in [0.4, 0.5) is 11.4 Å². The van der Waals surface area contributed by atoms with E-state index in [0.717, 1.165) is 31.9 Å². The van der Waals surface area contributed by atoms with Gasteiger partial charge in [-0.25, -0.2) is 0 Å². The lowest BCUT2D eigenvalue weighted by molar-refractivity contribution is -0.131. The Hall–Kier alpha value is -2.49. The number of benzene rings is 2. The van der Waals surface area contributed by atoms with E-state index in [1.807, 2.05) is 17.9 Å². The van der Waals surface area contributed by atoms with Gasteiger partial charge < -0.3 is 15.1 Å². The summed E-state index contributed by atoms with van der Waals surface area (Å²) in [5.41, 5.74) is 4.66. The Balaban J connectivity index is 1.56. The number of hydrogen-bond donors (Lipinski definition) is 1. The molecule has 1 aliphatic rings. The highest BCUT2D eigenvalue weighted by Gasteiger charge is 2.25. The molecule has 1 fully saturated rings. The summed E-state index contributed by atoms with van der Waals surface area (Å²) in [6.45, 7) is 9.40. The first-order chi connectivity index (χ1) is 12.0. The summed E-state index contributed by atoms with van der Waals surface area (Å²) in [7, 11) is 0. The predicted molar refractivity (Wildman–Crippen MR) is 104 cm³/mol. The fraction of sp³-hybridized carbons (Fsp3) is 0.381. The predicted octanol–water partition coefficient (Wildman–Crippen LogP) is 3.45. The topological polar surface area (TPSA) is 35.6 Å². The van der Waals surface area contributed by atoms with Gasteiger partial charge in [-0.3, -0.25) is 4.79 Å². The molecule has 2 aromatic carbocycles. The van der Waals surface area contributed by atoms with E-state index in [0.29, 0.717) is 0 Å². The summed E-state index contributed by atoms with van der Waals surface area (Å²) in [5.74, 6) is 0.173. The van der Waals surface area contributed by atoms with Crippen molar-refractivity contribution < 1.29 is 4.79 Å². The van der Waals surface area contributed by atoms with Crippen molar-refractivity contribution in [2.75, 3.05) is 36.4 Å². The maximum atomic E-state index is 12.8. The summed E-state index contributed by atoms with van der Waals surface area (Å²) >= 11 is 0. The third-order valence-electron chi connectivity index (χ3n) is 4.69. The van der Waals surface area contributed by atoms with Crippen molar-refractivity contribution in [2.24, 2.45) is 0 Å². The number of rotatable bonds is 4. The first-order valence-electron chi connectivity index (χ1n) is 8.96. The van der Waals surface area contributed by atoms with Crippen molar-refractivity contribution in [3.05, 3.63) is 59.7 Å². The summed E-state index contributed by atoms with van der Waals surface area (Å²) in [6, 6.07) is 16.5. The molecule has 1 amide bonds. The molecule has 1 aliphatic heterocycles. The molecule has 3 rings (SSSR count). The van der Waals surface area contributed by atoms with E-state index >= 15 is 0 Å². The second kappa shape index (κ2) is 7.60. The van der Waals surface area contributed by atoms with Gasteiger partial charge in [0.05, 0.1) is 0 Å². The van der Waals surface area contributed by atoms with Crippen LogP contribution in [0.5, 0.6) is 0 Å². The Kier molecular flexibility index (Phi) is 5.27. The molecule has 1 saturated heterocycles. The number of aryl methyl sites for hydroxylation is 2. The zero-order valence-electron chi connectivity index (χ0n) is 15.3. The normalized spacial score (nSPS) is 15.8. The second-order valence-corrected chi connectivity index (χ2v) is 6.89. The molecule has 2 aromatic rings. The van der Waals surface area contributed by atoms with Crippen LogP contribution < -0.4 is 10.2 Å². The van der Waals surface area contributed by atoms with Gasteiger partial charge in [0.1, 0.15) is 6.04 Å². The third kappa shape index (κ3) is 4.32. The molecule has 0 radical (unpaired) electrons. The molecule has 1 N–H and O–H groups in total.